The average Bonchev–Trinajstić information content (AvgIpc) is 2.24. The highest BCUT2D eigenvalue weighted by atomic mass is 32.1. The van der Waals surface area contributed by atoms with E-state index < -0.39 is 16.8 Å². The summed E-state index contributed by atoms with van der Waals surface area (Å²) >= 11 is 4.21. The second-order valence-electron chi connectivity index (χ2n) is 4.94. The van der Waals surface area contributed by atoms with Crippen LogP contribution >= 0.6 is 12.6 Å². The van der Waals surface area contributed by atoms with E-state index >= 15 is 0 Å². The quantitative estimate of drug-likeness (QED) is 0.552. The largest absolute Gasteiger partial charge is 0.480 e. The number of nitrogens with one attached hydrogen (secondary N) is 2. The summed E-state index contributed by atoms with van der Waals surface area (Å²) in [7, 11) is 0. The Morgan fingerprint density at radius 1 is 1.47 bits per heavy atom. The molecule has 1 fully saturated rings. The van der Waals surface area contributed by atoms with Crippen molar-refractivity contribution in [2.75, 3.05) is 6.54 Å². The maximum absolute atomic E-state index is 11.9. The lowest BCUT2D eigenvalue weighted by Crippen LogP contribution is -2.56. The Kier molecular flexibility index (Phi) is 4.82. The van der Waals surface area contributed by atoms with Gasteiger partial charge in [0.1, 0.15) is 6.04 Å². The summed E-state index contributed by atoms with van der Waals surface area (Å²) in [4.78, 5) is 23.0. The van der Waals surface area contributed by atoms with Crippen LogP contribution in [0.5, 0.6) is 0 Å². The van der Waals surface area contributed by atoms with E-state index in [1.807, 2.05) is 0 Å². The minimum atomic E-state index is -1.06. The molecule has 1 rings (SSSR count). The summed E-state index contributed by atoms with van der Waals surface area (Å²) in [5, 5.41) is 14.7. The highest BCUT2D eigenvalue weighted by molar-refractivity contribution is 7.81. The first kappa shape index (κ1) is 14.3. The van der Waals surface area contributed by atoms with Crippen molar-refractivity contribution in [3.8, 4) is 0 Å². The van der Waals surface area contributed by atoms with Gasteiger partial charge >= 0.3 is 5.97 Å². The SMILES string of the molecule is CC(C)(S)[C@H](NC(=O)[C@@H]1CCCCN1)C(=O)O. The summed E-state index contributed by atoms with van der Waals surface area (Å²) in [6.07, 6.45) is 2.81. The molecule has 0 radical (unpaired) electrons. The molecule has 2 atom stereocenters. The molecule has 0 aromatic rings. The van der Waals surface area contributed by atoms with E-state index in [0.717, 1.165) is 25.8 Å². The topological polar surface area (TPSA) is 78.4 Å². The second-order valence-corrected chi connectivity index (χ2v) is 6.09. The van der Waals surface area contributed by atoms with Crippen LogP contribution in [0.1, 0.15) is 33.1 Å². The number of piperidine rings is 1. The first-order valence-corrected chi connectivity index (χ1v) is 6.26. The van der Waals surface area contributed by atoms with Gasteiger partial charge in [0, 0.05) is 4.75 Å². The highest BCUT2D eigenvalue weighted by Gasteiger charge is 2.35. The smallest absolute Gasteiger partial charge is 0.327 e. The lowest BCUT2D eigenvalue weighted by Gasteiger charge is -2.30. The highest BCUT2D eigenvalue weighted by Crippen LogP contribution is 2.18. The lowest BCUT2D eigenvalue weighted by atomic mass is 10.0. The van der Waals surface area contributed by atoms with Gasteiger partial charge < -0.3 is 15.7 Å². The van der Waals surface area contributed by atoms with Crippen molar-refractivity contribution in [3.63, 3.8) is 0 Å². The van der Waals surface area contributed by atoms with Gasteiger partial charge in [-0.3, -0.25) is 4.79 Å². The molecule has 5 nitrogen and oxygen atoms in total. The van der Waals surface area contributed by atoms with Crippen LogP contribution in [0.4, 0.5) is 0 Å². The Bertz CT molecular complexity index is 296. The number of amides is 1. The maximum atomic E-state index is 11.9. The van der Waals surface area contributed by atoms with Gasteiger partial charge in [-0.05, 0) is 33.2 Å². The first-order chi connectivity index (χ1) is 7.82. The van der Waals surface area contributed by atoms with Crippen molar-refractivity contribution in [2.45, 2.75) is 49.9 Å². The van der Waals surface area contributed by atoms with E-state index in [0.29, 0.717) is 0 Å². The second kappa shape index (κ2) is 5.73. The van der Waals surface area contributed by atoms with Gasteiger partial charge in [0.05, 0.1) is 6.04 Å². The van der Waals surface area contributed by atoms with Crippen molar-refractivity contribution >= 4 is 24.5 Å². The fraction of sp³-hybridized carbons (Fsp3) is 0.818. The fourth-order valence-corrected chi connectivity index (χ4v) is 2.03. The van der Waals surface area contributed by atoms with E-state index in [1.165, 1.54) is 0 Å². The number of hydrogen-bond acceptors (Lipinski definition) is 4. The van der Waals surface area contributed by atoms with Gasteiger partial charge in [0.2, 0.25) is 5.91 Å². The zero-order valence-corrected chi connectivity index (χ0v) is 11.1. The van der Waals surface area contributed by atoms with E-state index in [2.05, 4.69) is 23.3 Å². The Hall–Kier alpha value is -0.750. The predicted molar refractivity (Wildman–Crippen MR) is 68.3 cm³/mol. The van der Waals surface area contributed by atoms with Crippen molar-refractivity contribution in [1.29, 1.82) is 0 Å². The number of hydrogen-bond donors (Lipinski definition) is 4. The van der Waals surface area contributed by atoms with Crippen LogP contribution in [0.25, 0.3) is 0 Å². The zero-order chi connectivity index (χ0) is 13.1. The Labute approximate surface area is 107 Å². The molecule has 1 saturated heterocycles. The van der Waals surface area contributed by atoms with E-state index in [-0.39, 0.29) is 11.9 Å². The summed E-state index contributed by atoms with van der Waals surface area (Å²) in [5.41, 5.74) is 0. The third-order valence-corrected chi connectivity index (χ3v) is 3.12. The number of aliphatic carboxylic acids is 1. The third kappa shape index (κ3) is 4.20. The summed E-state index contributed by atoms with van der Waals surface area (Å²) < 4.78 is -0.795. The molecule has 6 heteroatoms. The number of carboxylic acids is 1. The van der Waals surface area contributed by atoms with Crippen molar-refractivity contribution in [2.24, 2.45) is 0 Å². The molecule has 0 bridgehead atoms. The fourth-order valence-electron chi connectivity index (χ4n) is 1.86. The number of carboxylic acid groups (broad SMARTS) is 1. The standard InChI is InChI=1S/C11H20N2O3S/c1-11(2,17)8(10(15)16)13-9(14)7-5-3-4-6-12-7/h7-8,12,17H,3-6H2,1-2H3,(H,13,14)(H,15,16)/t7-,8+/m0/s1. The van der Waals surface area contributed by atoms with Gasteiger partial charge in [-0.25, -0.2) is 4.79 Å². The van der Waals surface area contributed by atoms with Gasteiger partial charge in [-0.15, -0.1) is 0 Å². The van der Waals surface area contributed by atoms with Crippen molar-refractivity contribution in [1.82, 2.24) is 10.6 Å². The van der Waals surface area contributed by atoms with Crippen molar-refractivity contribution in [3.05, 3.63) is 0 Å². The van der Waals surface area contributed by atoms with Gasteiger partial charge in [0.15, 0.2) is 0 Å². The van der Waals surface area contributed by atoms with Gasteiger partial charge in [-0.2, -0.15) is 12.6 Å². The Morgan fingerprint density at radius 2 is 2.12 bits per heavy atom. The molecule has 1 aliphatic heterocycles. The van der Waals surface area contributed by atoms with E-state index in [9.17, 15) is 9.59 Å². The molecule has 1 aliphatic rings. The lowest BCUT2D eigenvalue weighted by molar-refractivity contribution is -0.142. The molecular weight excluding hydrogens is 240 g/mol. The number of carbonyl (C=O) groups excluding carboxylic acids is 1. The number of carbonyl (C=O) groups is 2. The molecule has 3 N–H and O–H groups in total. The van der Waals surface area contributed by atoms with E-state index in [4.69, 9.17) is 5.11 Å². The third-order valence-electron chi connectivity index (χ3n) is 2.87. The normalized spacial score (nSPS) is 22.9. The Balaban J connectivity index is 2.60. The van der Waals surface area contributed by atoms with Crippen LogP contribution < -0.4 is 10.6 Å². The van der Waals surface area contributed by atoms with Crippen LogP contribution in [0.2, 0.25) is 0 Å². The molecule has 0 spiro atoms. The van der Waals surface area contributed by atoms with Crippen molar-refractivity contribution < 1.29 is 14.7 Å². The maximum Gasteiger partial charge on any atom is 0.327 e. The molecule has 17 heavy (non-hydrogen) atoms. The molecule has 0 unspecified atom stereocenters. The van der Waals surface area contributed by atoms with Crippen LogP contribution in [-0.2, 0) is 9.59 Å². The predicted octanol–water partition coefficient (Wildman–Crippen LogP) is 0.406. The molecule has 98 valence electrons. The average molecular weight is 260 g/mol. The molecule has 1 amide bonds. The summed E-state index contributed by atoms with van der Waals surface area (Å²) in [5.74, 6) is -1.31. The molecule has 1 heterocycles. The first-order valence-electron chi connectivity index (χ1n) is 5.81. The molecular formula is C11H20N2O3S. The summed E-state index contributed by atoms with van der Waals surface area (Å²) in [6.45, 7) is 4.15. The van der Waals surface area contributed by atoms with Gasteiger partial charge in [-0.1, -0.05) is 6.42 Å². The number of rotatable bonds is 4. The van der Waals surface area contributed by atoms with Gasteiger partial charge in [0.25, 0.3) is 0 Å². The Morgan fingerprint density at radius 3 is 2.53 bits per heavy atom. The van der Waals surface area contributed by atoms with Crippen LogP contribution in [0.3, 0.4) is 0 Å². The summed E-state index contributed by atoms with van der Waals surface area (Å²) in [6, 6.07) is -1.26. The van der Waals surface area contributed by atoms with E-state index in [1.54, 1.807) is 13.8 Å². The zero-order valence-electron chi connectivity index (χ0n) is 10.2. The molecule has 0 aromatic heterocycles. The van der Waals surface area contributed by atoms with Crippen LogP contribution in [-0.4, -0.2) is 40.4 Å². The monoisotopic (exact) mass is 260 g/mol. The van der Waals surface area contributed by atoms with Crippen LogP contribution in [0.15, 0.2) is 0 Å². The molecule has 0 saturated carbocycles. The minimum Gasteiger partial charge on any atom is -0.480 e. The molecule has 0 aromatic carbocycles. The minimum absolute atomic E-state index is 0.251. The molecule has 0 aliphatic carbocycles. The number of thiol groups is 1. The van der Waals surface area contributed by atoms with Crippen LogP contribution in [0, 0.1) is 0 Å².